The minimum atomic E-state index is 0.529. The second-order valence-corrected chi connectivity index (χ2v) is 4.40. The van der Waals surface area contributed by atoms with Gasteiger partial charge in [0.15, 0.2) is 0 Å². The smallest absolute Gasteiger partial charge is 0.0971 e. The minimum Gasteiger partial charge on any atom is -0.370 e. The largest absolute Gasteiger partial charge is 0.370 e. The van der Waals surface area contributed by atoms with Crippen molar-refractivity contribution < 1.29 is 4.74 Å². The molecule has 0 fully saturated rings. The monoisotopic (exact) mass is 228 g/mol. The van der Waals surface area contributed by atoms with E-state index < -0.39 is 0 Å². The normalized spacial score (nSPS) is 15.1. The molecule has 0 saturated heterocycles. The summed E-state index contributed by atoms with van der Waals surface area (Å²) in [5, 5.41) is 3.24. The van der Waals surface area contributed by atoms with Gasteiger partial charge in [-0.05, 0) is 19.4 Å². The van der Waals surface area contributed by atoms with Crippen LogP contribution >= 0.6 is 0 Å². The van der Waals surface area contributed by atoms with Crippen molar-refractivity contribution in [2.24, 2.45) is 5.92 Å². The number of hydrogen-bond donors (Lipinski definition) is 1. The van der Waals surface area contributed by atoms with Crippen LogP contribution in [0, 0.1) is 5.92 Å². The Labute approximate surface area is 101 Å². The third-order valence-electron chi connectivity index (χ3n) is 3.01. The number of nitrogens with one attached hydrogen (secondary N) is 1. The quantitative estimate of drug-likeness (QED) is 0.353. The van der Waals surface area contributed by atoms with E-state index in [0.29, 0.717) is 18.7 Å². The second-order valence-electron chi connectivity index (χ2n) is 4.40. The molecule has 2 atom stereocenters. The van der Waals surface area contributed by atoms with E-state index in [9.17, 15) is 0 Å². The lowest BCUT2D eigenvalue weighted by Gasteiger charge is -2.31. The zero-order valence-electron chi connectivity index (χ0n) is 11.3. The Morgan fingerprint density at radius 1 is 1.50 bits per heavy atom. The number of ether oxygens (including phenoxy) is 1. The number of methoxy groups -OCH3 is 1. The van der Waals surface area contributed by atoms with E-state index in [1.165, 1.54) is 19.3 Å². The van der Waals surface area contributed by atoms with Crippen molar-refractivity contribution in [1.29, 1.82) is 0 Å². The van der Waals surface area contributed by atoms with Crippen LogP contribution in [0.1, 0.15) is 33.1 Å². The lowest BCUT2D eigenvalue weighted by molar-refractivity contribution is 0.125. The molecule has 0 aliphatic carbocycles. The Morgan fingerprint density at radius 2 is 2.19 bits per heavy atom. The molecule has 0 heterocycles. The van der Waals surface area contributed by atoms with Gasteiger partial charge in [-0.25, -0.2) is 0 Å². The molecule has 0 aliphatic heterocycles. The predicted molar refractivity (Wildman–Crippen MR) is 70.3 cm³/mol. The van der Waals surface area contributed by atoms with Crippen LogP contribution in [-0.4, -0.2) is 38.5 Å². The van der Waals surface area contributed by atoms with E-state index in [1.54, 1.807) is 7.11 Å². The van der Waals surface area contributed by atoms with Gasteiger partial charge in [0.1, 0.15) is 0 Å². The van der Waals surface area contributed by atoms with Gasteiger partial charge in [0.25, 0.3) is 0 Å². The number of unbranched alkanes of at least 4 members (excludes halogenated alkanes) is 1. The lowest BCUT2D eigenvalue weighted by Crippen LogP contribution is -2.42. The maximum absolute atomic E-state index is 4.98. The maximum atomic E-state index is 4.98. The third kappa shape index (κ3) is 6.26. The molecule has 2 unspecified atom stereocenters. The summed E-state index contributed by atoms with van der Waals surface area (Å²) in [7, 11) is 3.86. The fourth-order valence-corrected chi connectivity index (χ4v) is 1.90. The van der Waals surface area contributed by atoms with Crippen LogP contribution in [0.15, 0.2) is 12.7 Å². The molecule has 0 spiro atoms. The van der Waals surface area contributed by atoms with Crippen molar-refractivity contribution >= 4 is 0 Å². The first-order valence-corrected chi connectivity index (χ1v) is 6.19. The average molecular weight is 228 g/mol. The second kappa shape index (κ2) is 9.82. The zero-order chi connectivity index (χ0) is 12.4. The topological polar surface area (TPSA) is 24.5 Å². The van der Waals surface area contributed by atoms with Crippen LogP contribution in [0.2, 0.25) is 0 Å². The Balaban J connectivity index is 4.08. The summed E-state index contributed by atoms with van der Waals surface area (Å²) < 4.78 is 4.98. The van der Waals surface area contributed by atoms with E-state index in [4.69, 9.17) is 4.74 Å². The van der Waals surface area contributed by atoms with Crippen LogP contribution in [-0.2, 0) is 4.74 Å². The first-order valence-electron chi connectivity index (χ1n) is 6.19. The van der Waals surface area contributed by atoms with Gasteiger partial charge < -0.3 is 4.74 Å². The van der Waals surface area contributed by atoms with Gasteiger partial charge in [-0.15, -0.1) is 6.58 Å². The number of rotatable bonds is 10. The molecule has 0 bridgehead atoms. The van der Waals surface area contributed by atoms with E-state index >= 15 is 0 Å². The van der Waals surface area contributed by atoms with E-state index in [1.807, 2.05) is 6.08 Å². The summed E-state index contributed by atoms with van der Waals surface area (Å²) >= 11 is 0. The van der Waals surface area contributed by atoms with Crippen molar-refractivity contribution in [3.63, 3.8) is 0 Å². The fourth-order valence-electron chi connectivity index (χ4n) is 1.90. The summed E-state index contributed by atoms with van der Waals surface area (Å²) in [6.07, 6.45) is 5.80. The van der Waals surface area contributed by atoms with Crippen molar-refractivity contribution in [1.82, 2.24) is 10.2 Å². The first-order chi connectivity index (χ1) is 7.67. The molecule has 96 valence electrons. The van der Waals surface area contributed by atoms with Crippen LogP contribution in [0.25, 0.3) is 0 Å². The first kappa shape index (κ1) is 15.6. The SMILES string of the molecule is C=CC(C)C(CCCC)N(C)CNCOC. The summed E-state index contributed by atoms with van der Waals surface area (Å²) in [6.45, 7) is 9.83. The molecule has 0 aromatic rings. The third-order valence-corrected chi connectivity index (χ3v) is 3.01. The summed E-state index contributed by atoms with van der Waals surface area (Å²) in [5.41, 5.74) is 0. The Morgan fingerprint density at radius 3 is 2.69 bits per heavy atom. The van der Waals surface area contributed by atoms with Gasteiger partial charge >= 0.3 is 0 Å². The van der Waals surface area contributed by atoms with Gasteiger partial charge in [-0.2, -0.15) is 0 Å². The van der Waals surface area contributed by atoms with Crippen molar-refractivity contribution in [2.75, 3.05) is 27.6 Å². The maximum Gasteiger partial charge on any atom is 0.0971 e. The van der Waals surface area contributed by atoms with Gasteiger partial charge in [0.05, 0.1) is 6.73 Å². The fraction of sp³-hybridized carbons (Fsp3) is 0.846. The van der Waals surface area contributed by atoms with Gasteiger partial charge in [-0.1, -0.05) is 32.8 Å². The summed E-state index contributed by atoms with van der Waals surface area (Å²) in [6, 6.07) is 0.571. The molecule has 3 heteroatoms. The molecule has 0 rings (SSSR count). The van der Waals surface area contributed by atoms with E-state index in [0.717, 1.165) is 6.67 Å². The Bertz CT molecular complexity index is 173. The molecule has 0 saturated carbocycles. The number of nitrogens with zero attached hydrogens (tertiary/aromatic N) is 1. The summed E-state index contributed by atoms with van der Waals surface area (Å²) in [5.74, 6) is 0.529. The molecule has 0 aromatic heterocycles. The highest BCUT2D eigenvalue weighted by Crippen LogP contribution is 2.16. The van der Waals surface area contributed by atoms with Crippen molar-refractivity contribution in [3.05, 3.63) is 12.7 Å². The molecular weight excluding hydrogens is 200 g/mol. The molecule has 0 amide bonds. The molecule has 0 aromatic carbocycles. The van der Waals surface area contributed by atoms with Crippen LogP contribution < -0.4 is 5.32 Å². The molecule has 0 aliphatic rings. The van der Waals surface area contributed by atoms with E-state index in [-0.39, 0.29) is 0 Å². The predicted octanol–water partition coefficient (Wildman–Crippen LogP) is 2.45. The van der Waals surface area contributed by atoms with Crippen LogP contribution in [0.3, 0.4) is 0 Å². The minimum absolute atomic E-state index is 0.529. The highest BCUT2D eigenvalue weighted by atomic mass is 16.5. The molecule has 3 nitrogen and oxygen atoms in total. The molecule has 0 radical (unpaired) electrons. The Hall–Kier alpha value is -0.380. The molecule has 1 N–H and O–H groups in total. The zero-order valence-corrected chi connectivity index (χ0v) is 11.3. The van der Waals surface area contributed by atoms with E-state index in [2.05, 4.69) is 37.7 Å². The van der Waals surface area contributed by atoms with Crippen molar-refractivity contribution in [2.45, 2.75) is 39.2 Å². The van der Waals surface area contributed by atoms with Crippen LogP contribution in [0.5, 0.6) is 0 Å². The number of hydrogen-bond acceptors (Lipinski definition) is 3. The van der Waals surface area contributed by atoms with Gasteiger partial charge in [0, 0.05) is 19.8 Å². The standard InChI is InChI=1S/C13H28N2O/c1-6-8-9-13(12(3)7-2)15(4)10-14-11-16-5/h7,12-14H,2,6,8-11H2,1,3-5H3. The lowest BCUT2D eigenvalue weighted by atomic mass is 9.96. The summed E-state index contributed by atoms with van der Waals surface area (Å²) in [4.78, 5) is 2.35. The highest BCUT2D eigenvalue weighted by Gasteiger charge is 2.18. The highest BCUT2D eigenvalue weighted by molar-refractivity contribution is 4.86. The average Bonchev–Trinajstić information content (AvgIpc) is 2.29. The Kier molecular flexibility index (Phi) is 9.59. The van der Waals surface area contributed by atoms with Gasteiger partial charge in [0.2, 0.25) is 0 Å². The van der Waals surface area contributed by atoms with Gasteiger partial charge in [-0.3, -0.25) is 10.2 Å². The van der Waals surface area contributed by atoms with Crippen molar-refractivity contribution in [3.8, 4) is 0 Å². The van der Waals surface area contributed by atoms with Crippen LogP contribution in [0.4, 0.5) is 0 Å². The molecule has 16 heavy (non-hydrogen) atoms. The molecular formula is C13H28N2O.